The standard InChI is InChI=1S/C16H30N2O/c1-4-5-11(2)15(17-3)16(19)18-14-9-12-6-7-13(8-12)10-14/h11-15,17H,4-10H2,1-3H3,(H,18,19). The highest BCUT2D eigenvalue weighted by Crippen LogP contribution is 2.41. The molecule has 3 heteroatoms. The van der Waals surface area contributed by atoms with Crippen molar-refractivity contribution < 1.29 is 4.79 Å². The fraction of sp³-hybridized carbons (Fsp3) is 0.938. The van der Waals surface area contributed by atoms with Gasteiger partial charge in [0.15, 0.2) is 0 Å². The van der Waals surface area contributed by atoms with E-state index in [0.717, 1.165) is 24.7 Å². The monoisotopic (exact) mass is 266 g/mol. The van der Waals surface area contributed by atoms with Gasteiger partial charge in [0.1, 0.15) is 0 Å². The number of nitrogens with one attached hydrogen (secondary N) is 2. The number of likely N-dealkylation sites (N-methyl/N-ethyl adjacent to an activating group) is 1. The Bertz CT molecular complexity index is 293. The van der Waals surface area contributed by atoms with E-state index in [0.29, 0.717) is 12.0 Å². The predicted octanol–water partition coefficient (Wildman–Crippen LogP) is 2.71. The van der Waals surface area contributed by atoms with Crippen molar-refractivity contribution >= 4 is 5.91 Å². The summed E-state index contributed by atoms with van der Waals surface area (Å²) >= 11 is 0. The van der Waals surface area contributed by atoms with E-state index >= 15 is 0 Å². The molecule has 0 aliphatic heterocycles. The van der Waals surface area contributed by atoms with Crippen molar-refractivity contribution in [2.75, 3.05) is 7.05 Å². The van der Waals surface area contributed by atoms with E-state index in [4.69, 9.17) is 0 Å². The summed E-state index contributed by atoms with van der Waals surface area (Å²) in [6.45, 7) is 4.36. The minimum Gasteiger partial charge on any atom is -0.352 e. The molecule has 2 N–H and O–H groups in total. The zero-order valence-electron chi connectivity index (χ0n) is 12.7. The molecule has 19 heavy (non-hydrogen) atoms. The molecule has 0 aromatic rings. The van der Waals surface area contributed by atoms with Crippen LogP contribution in [0, 0.1) is 17.8 Å². The van der Waals surface area contributed by atoms with Crippen LogP contribution in [-0.2, 0) is 4.79 Å². The smallest absolute Gasteiger partial charge is 0.237 e. The maximum Gasteiger partial charge on any atom is 0.237 e. The van der Waals surface area contributed by atoms with Crippen LogP contribution in [0.3, 0.4) is 0 Å². The first-order chi connectivity index (χ1) is 9.13. The second-order valence-corrected chi connectivity index (χ2v) is 6.75. The second kappa shape index (κ2) is 6.74. The second-order valence-electron chi connectivity index (χ2n) is 6.75. The summed E-state index contributed by atoms with van der Waals surface area (Å²) in [6.07, 6.45) is 8.85. The van der Waals surface area contributed by atoms with Crippen molar-refractivity contribution in [3.05, 3.63) is 0 Å². The van der Waals surface area contributed by atoms with Gasteiger partial charge in [-0.2, -0.15) is 0 Å². The van der Waals surface area contributed by atoms with Gasteiger partial charge in [0, 0.05) is 6.04 Å². The van der Waals surface area contributed by atoms with Crippen molar-refractivity contribution in [3.63, 3.8) is 0 Å². The van der Waals surface area contributed by atoms with E-state index in [1.807, 2.05) is 7.05 Å². The molecule has 4 unspecified atom stereocenters. The summed E-state index contributed by atoms with van der Waals surface area (Å²) in [5.74, 6) is 2.39. The van der Waals surface area contributed by atoms with Gasteiger partial charge in [-0.1, -0.05) is 33.1 Å². The molecule has 2 rings (SSSR count). The van der Waals surface area contributed by atoms with Crippen LogP contribution in [0.5, 0.6) is 0 Å². The third-order valence-corrected chi connectivity index (χ3v) is 5.14. The van der Waals surface area contributed by atoms with Gasteiger partial charge in [-0.25, -0.2) is 0 Å². The van der Waals surface area contributed by atoms with Crippen molar-refractivity contribution in [2.45, 2.75) is 70.9 Å². The summed E-state index contributed by atoms with van der Waals surface area (Å²) < 4.78 is 0. The van der Waals surface area contributed by atoms with E-state index in [2.05, 4.69) is 24.5 Å². The van der Waals surface area contributed by atoms with Crippen LogP contribution in [0.25, 0.3) is 0 Å². The number of hydrogen-bond donors (Lipinski definition) is 2. The highest BCUT2D eigenvalue weighted by atomic mass is 16.2. The van der Waals surface area contributed by atoms with Crippen molar-refractivity contribution in [1.82, 2.24) is 10.6 Å². The molecule has 110 valence electrons. The third kappa shape index (κ3) is 3.71. The summed E-state index contributed by atoms with van der Waals surface area (Å²) in [5.41, 5.74) is 0. The van der Waals surface area contributed by atoms with E-state index < -0.39 is 0 Å². The molecule has 0 aromatic heterocycles. The molecule has 0 heterocycles. The Kier molecular flexibility index (Phi) is 5.26. The normalized spacial score (nSPS) is 32.9. The summed E-state index contributed by atoms with van der Waals surface area (Å²) in [5, 5.41) is 6.51. The summed E-state index contributed by atoms with van der Waals surface area (Å²) in [7, 11) is 1.90. The SMILES string of the molecule is CCCC(C)C(NC)C(=O)NC1CC2CCC(C2)C1. The first-order valence-electron chi connectivity index (χ1n) is 8.11. The number of rotatable bonds is 6. The molecule has 2 aliphatic carbocycles. The van der Waals surface area contributed by atoms with Gasteiger partial charge in [-0.15, -0.1) is 0 Å². The van der Waals surface area contributed by atoms with Crippen LogP contribution < -0.4 is 10.6 Å². The molecule has 0 radical (unpaired) electrons. The van der Waals surface area contributed by atoms with E-state index in [1.165, 1.54) is 32.1 Å². The minimum atomic E-state index is -0.0282. The Morgan fingerprint density at radius 2 is 1.84 bits per heavy atom. The third-order valence-electron chi connectivity index (χ3n) is 5.14. The lowest BCUT2D eigenvalue weighted by atomic mass is 9.85. The van der Waals surface area contributed by atoms with E-state index in [1.54, 1.807) is 0 Å². The zero-order chi connectivity index (χ0) is 13.8. The van der Waals surface area contributed by atoms with Gasteiger partial charge in [0.05, 0.1) is 6.04 Å². The first-order valence-corrected chi connectivity index (χ1v) is 8.11. The minimum absolute atomic E-state index is 0.0282. The number of hydrogen-bond acceptors (Lipinski definition) is 2. The highest BCUT2D eigenvalue weighted by molar-refractivity contribution is 5.82. The number of carbonyl (C=O) groups is 1. The molecular weight excluding hydrogens is 236 g/mol. The zero-order valence-corrected chi connectivity index (χ0v) is 12.7. The Morgan fingerprint density at radius 3 is 2.37 bits per heavy atom. The van der Waals surface area contributed by atoms with Gasteiger partial charge in [0.2, 0.25) is 5.91 Å². The van der Waals surface area contributed by atoms with Gasteiger partial charge in [-0.3, -0.25) is 4.79 Å². The Balaban J connectivity index is 1.85. The van der Waals surface area contributed by atoms with Crippen LogP contribution >= 0.6 is 0 Å². The fourth-order valence-electron chi connectivity index (χ4n) is 4.21. The maximum absolute atomic E-state index is 12.4. The van der Waals surface area contributed by atoms with Crippen LogP contribution in [0.15, 0.2) is 0 Å². The molecule has 2 bridgehead atoms. The lowest BCUT2D eigenvalue weighted by Gasteiger charge is -2.31. The van der Waals surface area contributed by atoms with Crippen LogP contribution in [0.4, 0.5) is 0 Å². The average molecular weight is 266 g/mol. The highest BCUT2D eigenvalue weighted by Gasteiger charge is 2.35. The molecule has 2 aliphatic rings. The Morgan fingerprint density at radius 1 is 1.21 bits per heavy atom. The average Bonchev–Trinajstić information content (AvgIpc) is 2.70. The quantitative estimate of drug-likeness (QED) is 0.776. The fourth-order valence-corrected chi connectivity index (χ4v) is 4.21. The molecule has 0 aromatic carbocycles. The Labute approximate surface area is 117 Å². The molecule has 2 fully saturated rings. The molecule has 0 saturated heterocycles. The number of amides is 1. The van der Waals surface area contributed by atoms with E-state index in [-0.39, 0.29) is 11.9 Å². The topological polar surface area (TPSA) is 41.1 Å². The van der Waals surface area contributed by atoms with Crippen LogP contribution in [0.1, 0.15) is 58.8 Å². The summed E-state index contributed by atoms with van der Waals surface area (Å²) in [6, 6.07) is 0.406. The van der Waals surface area contributed by atoms with Gasteiger partial charge in [0.25, 0.3) is 0 Å². The van der Waals surface area contributed by atoms with Crippen molar-refractivity contribution in [3.8, 4) is 0 Å². The largest absolute Gasteiger partial charge is 0.352 e. The van der Waals surface area contributed by atoms with Gasteiger partial charge >= 0.3 is 0 Å². The Hall–Kier alpha value is -0.570. The molecule has 3 nitrogen and oxygen atoms in total. The lowest BCUT2D eigenvalue weighted by Crippen LogP contribution is -2.50. The van der Waals surface area contributed by atoms with Crippen molar-refractivity contribution in [1.29, 1.82) is 0 Å². The number of carbonyl (C=O) groups excluding carboxylic acids is 1. The summed E-state index contributed by atoms with van der Waals surface area (Å²) in [4.78, 5) is 12.4. The number of fused-ring (bicyclic) bond motifs is 2. The maximum atomic E-state index is 12.4. The molecule has 1 amide bonds. The van der Waals surface area contributed by atoms with Gasteiger partial charge in [-0.05, 0) is 50.5 Å². The lowest BCUT2D eigenvalue weighted by molar-refractivity contribution is -0.125. The first kappa shape index (κ1) is 14.8. The van der Waals surface area contributed by atoms with E-state index in [9.17, 15) is 4.79 Å². The molecule has 4 atom stereocenters. The molecule has 2 saturated carbocycles. The van der Waals surface area contributed by atoms with Crippen LogP contribution in [0.2, 0.25) is 0 Å². The van der Waals surface area contributed by atoms with Gasteiger partial charge < -0.3 is 10.6 Å². The van der Waals surface area contributed by atoms with Crippen molar-refractivity contribution in [2.24, 2.45) is 17.8 Å². The molecular formula is C16H30N2O. The van der Waals surface area contributed by atoms with Crippen LogP contribution in [-0.4, -0.2) is 25.0 Å². The molecule has 0 spiro atoms. The predicted molar refractivity (Wildman–Crippen MR) is 78.9 cm³/mol.